The number of hydrogen-bond donors (Lipinski definition) is 2. The Balaban J connectivity index is 2.04. The molecule has 1 saturated heterocycles. The summed E-state index contributed by atoms with van der Waals surface area (Å²) in [7, 11) is 0. The Labute approximate surface area is 121 Å². The first-order valence-electron chi connectivity index (χ1n) is 6.75. The van der Waals surface area contributed by atoms with Gasteiger partial charge in [0.1, 0.15) is 10.6 Å². The van der Waals surface area contributed by atoms with Crippen molar-refractivity contribution >= 4 is 39.2 Å². The van der Waals surface area contributed by atoms with Gasteiger partial charge in [0.15, 0.2) is 0 Å². The summed E-state index contributed by atoms with van der Waals surface area (Å²) < 4.78 is 0. The van der Waals surface area contributed by atoms with Crippen LogP contribution in [0, 0.1) is 0 Å². The van der Waals surface area contributed by atoms with Crippen LogP contribution in [0.15, 0.2) is 6.07 Å². The monoisotopic (exact) mass is 291 g/mol. The molecular weight excluding hydrogens is 274 g/mol. The predicted octanol–water partition coefficient (Wildman–Crippen LogP) is 1.16. The second kappa shape index (κ2) is 5.24. The number of rotatable bonds is 2. The molecule has 1 aliphatic rings. The van der Waals surface area contributed by atoms with Gasteiger partial charge in [0.2, 0.25) is 11.9 Å². The normalized spacial score (nSPS) is 16.2. The van der Waals surface area contributed by atoms with Crippen LogP contribution in [0.1, 0.15) is 18.2 Å². The van der Waals surface area contributed by atoms with E-state index in [4.69, 9.17) is 5.73 Å². The lowest BCUT2D eigenvalue weighted by Crippen LogP contribution is -2.29. The number of nitrogens with zero attached hydrogens (tertiary/aromatic N) is 3. The highest BCUT2D eigenvalue weighted by atomic mass is 32.1. The van der Waals surface area contributed by atoms with Gasteiger partial charge in [-0.05, 0) is 12.5 Å². The van der Waals surface area contributed by atoms with Crippen molar-refractivity contribution < 1.29 is 4.79 Å². The maximum Gasteiger partial charge on any atom is 0.223 e. The van der Waals surface area contributed by atoms with Gasteiger partial charge >= 0.3 is 0 Å². The minimum atomic E-state index is 0.0883. The van der Waals surface area contributed by atoms with Crippen LogP contribution < -0.4 is 16.0 Å². The van der Waals surface area contributed by atoms with Crippen LogP contribution >= 0.6 is 11.3 Å². The van der Waals surface area contributed by atoms with Crippen molar-refractivity contribution in [3.8, 4) is 0 Å². The molecule has 0 atom stereocenters. The van der Waals surface area contributed by atoms with E-state index in [0.29, 0.717) is 25.5 Å². The number of aryl methyl sites for hydroxylation is 1. The zero-order chi connectivity index (χ0) is 14.1. The Morgan fingerprint density at radius 1 is 1.45 bits per heavy atom. The van der Waals surface area contributed by atoms with Crippen molar-refractivity contribution in [2.24, 2.45) is 0 Å². The van der Waals surface area contributed by atoms with Crippen molar-refractivity contribution in [1.82, 2.24) is 15.3 Å². The Morgan fingerprint density at radius 3 is 3.10 bits per heavy atom. The van der Waals surface area contributed by atoms with Gasteiger partial charge in [-0.15, -0.1) is 11.3 Å². The zero-order valence-corrected chi connectivity index (χ0v) is 12.2. The number of nitrogens with one attached hydrogen (secondary N) is 1. The molecule has 0 radical (unpaired) electrons. The SMILES string of the molecule is CCc1cc2c(N3CCNC(=O)CC3)nc(N)nc2s1. The summed E-state index contributed by atoms with van der Waals surface area (Å²) in [4.78, 5) is 24.5. The van der Waals surface area contributed by atoms with E-state index in [1.165, 1.54) is 4.88 Å². The van der Waals surface area contributed by atoms with E-state index in [2.05, 4.69) is 33.2 Å². The fourth-order valence-electron chi connectivity index (χ4n) is 2.37. The molecule has 0 aliphatic carbocycles. The van der Waals surface area contributed by atoms with Gasteiger partial charge in [-0.3, -0.25) is 4.79 Å². The standard InChI is InChI=1S/C13H17N5OS/c1-2-8-7-9-11(16-13(14)17-12(9)20-8)18-5-3-10(19)15-4-6-18/h7H,2-6H2,1H3,(H,15,19)(H2,14,16,17). The molecule has 0 saturated carbocycles. The maximum absolute atomic E-state index is 11.4. The number of hydrogen-bond acceptors (Lipinski definition) is 6. The lowest BCUT2D eigenvalue weighted by molar-refractivity contribution is -0.120. The molecular formula is C13H17N5OS. The molecule has 1 fully saturated rings. The van der Waals surface area contributed by atoms with E-state index in [1.807, 2.05) is 0 Å². The van der Waals surface area contributed by atoms with E-state index < -0.39 is 0 Å². The number of carbonyl (C=O) groups excluding carboxylic acids is 1. The summed E-state index contributed by atoms with van der Waals surface area (Å²) in [6.45, 7) is 4.16. The molecule has 2 aromatic heterocycles. The van der Waals surface area contributed by atoms with E-state index in [-0.39, 0.29) is 5.91 Å². The van der Waals surface area contributed by atoms with Crippen molar-refractivity contribution in [1.29, 1.82) is 0 Å². The van der Waals surface area contributed by atoms with Gasteiger partial charge in [-0.1, -0.05) is 6.92 Å². The van der Waals surface area contributed by atoms with E-state index >= 15 is 0 Å². The lowest BCUT2D eigenvalue weighted by Gasteiger charge is -2.21. The first-order valence-corrected chi connectivity index (χ1v) is 7.56. The topological polar surface area (TPSA) is 84.1 Å². The van der Waals surface area contributed by atoms with Gasteiger partial charge in [0, 0.05) is 30.9 Å². The molecule has 106 valence electrons. The molecule has 3 heterocycles. The number of carbonyl (C=O) groups is 1. The van der Waals surface area contributed by atoms with Gasteiger partial charge in [-0.2, -0.15) is 4.98 Å². The molecule has 3 N–H and O–H groups in total. The van der Waals surface area contributed by atoms with Gasteiger partial charge < -0.3 is 16.0 Å². The van der Waals surface area contributed by atoms with Crippen LogP contribution in [-0.4, -0.2) is 35.5 Å². The fraction of sp³-hybridized carbons (Fsp3) is 0.462. The van der Waals surface area contributed by atoms with Crippen LogP contribution in [0.2, 0.25) is 0 Å². The number of amides is 1. The fourth-order valence-corrected chi connectivity index (χ4v) is 3.34. The molecule has 0 bridgehead atoms. The Bertz CT molecular complexity index is 653. The molecule has 0 spiro atoms. The highest BCUT2D eigenvalue weighted by Gasteiger charge is 2.19. The molecule has 3 rings (SSSR count). The highest BCUT2D eigenvalue weighted by molar-refractivity contribution is 7.18. The Hall–Kier alpha value is -1.89. The second-order valence-corrected chi connectivity index (χ2v) is 5.89. The number of aromatic nitrogens is 2. The first kappa shape index (κ1) is 13.1. The lowest BCUT2D eigenvalue weighted by atomic mass is 10.3. The molecule has 0 unspecified atom stereocenters. The minimum absolute atomic E-state index is 0.0883. The second-order valence-electron chi connectivity index (χ2n) is 4.78. The molecule has 2 aromatic rings. The van der Waals surface area contributed by atoms with Crippen LogP contribution in [-0.2, 0) is 11.2 Å². The molecule has 7 heteroatoms. The molecule has 1 amide bonds. The molecule has 0 aromatic carbocycles. The third-order valence-electron chi connectivity index (χ3n) is 3.40. The van der Waals surface area contributed by atoms with Crippen molar-refractivity contribution in [2.75, 3.05) is 30.3 Å². The Kier molecular flexibility index (Phi) is 3.43. The third kappa shape index (κ3) is 2.40. The summed E-state index contributed by atoms with van der Waals surface area (Å²) >= 11 is 1.66. The minimum Gasteiger partial charge on any atom is -0.368 e. The summed E-state index contributed by atoms with van der Waals surface area (Å²) in [5.74, 6) is 1.23. The Morgan fingerprint density at radius 2 is 2.30 bits per heavy atom. The average Bonchev–Trinajstić information content (AvgIpc) is 2.72. The summed E-state index contributed by atoms with van der Waals surface area (Å²) in [5.41, 5.74) is 5.82. The van der Waals surface area contributed by atoms with Crippen molar-refractivity contribution in [2.45, 2.75) is 19.8 Å². The van der Waals surface area contributed by atoms with Crippen LogP contribution in [0.25, 0.3) is 10.2 Å². The first-order chi connectivity index (χ1) is 9.67. The van der Waals surface area contributed by atoms with Crippen LogP contribution in [0.4, 0.5) is 11.8 Å². The van der Waals surface area contributed by atoms with E-state index in [0.717, 1.165) is 29.0 Å². The smallest absolute Gasteiger partial charge is 0.223 e. The number of nitrogens with two attached hydrogens (primary N) is 1. The number of anilines is 2. The van der Waals surface area contributed by atoms with Crippen LogP contribution in [0.5, 0.6) is 0 Å². The number of fused-ring (bicyclic) bond motifs is 1. The molecule has 1 aliphatic heterocycles. The summed E-state index contributed by atoms with van der Waals surface area (Å²) in [6.07, 6.45) is 1.45. The van der Waals surface area contributed by atoms with E-state index in [9.17, 15) is 4.79 Å². The van der Waals surface area contributed by atoms with Gasteiger partial charge in [0.25, 0.3) is 0 Å². The number of thiophene rings is 1. The molecule has 20 heavy (non-hydrogen) atoms. The zero-order valence-electron chi connectivity index (χ0n) is 11.3. The van der Waals surface area contributed by atoms with Crippen LogP contribution in [0.3, 0.4) is 0 Å². The maximum atomic E-state index is 11.4. The summed E-state index contributed by atoms with van der Waals surface area (Å²) in [6, 6.07) is 2.13. The average molecular weight is 291 g/mol. The third-order valence-corrected chi connectivity index (χ3v) is 4.57. The van der Waals surface area contributed by atoms with E-state index in [1.54, 1.807) is 11.3 Å². The van der Waals surface area contributed by atoms with Gasteiger partial charge in [0.05, 0.1) is 5.39 Å². The van der Waals surface area contributed by atoms with Gasteiger partial charge in [-0.25, -0.2) is 4.98 Å². The van der Waals surface area contributed by atoms with Crippen molar-refractivity contribution in [3.63, 3.8) is 0 Å². The quantitative estimate of drug-likeness (QED) is 0.867. The summed E-state index contributed by atoms with van der Waals surface area (Å²) in [5, 5.41) is 3.91. The molecule has 6 nitrogen and oxygen atoms in total. The largest absolute Gasteiger partial charge is 0.368 e. The predicted molar refractivity (Wildman–Crippen MR) is 81.0 cm³/mol. The van der Waals surface area contributed by atoms with Crippen molar-refractivity contribution in [3.05, 3.63) is 10.9 Å². The number of nitrogen functional groups attached to an aromatic ring is 1. The highest BCUT2D eigenvalue weighted by Crippen LogP contribution is 2.32.